The van der Waals surface area contributed by atoms with E-state index >= 15 is 0 Å². The maximum Gasteiger partial charge on any atom is 0.0630 e. The van der Waals surface area contributed by atoms with Crippen LogP contribution in [0.25, 0.3) is 0 Å². The largest absolute Gasteiger partial charge is 0.399 e. The Morgan fingerprint density at radius 2 is 1.41 bits per heavy atom. The van der Waals surface area contributed by atoms with Gasteiger partial charge < -0.3 is 5.73 Å². The van der Waals surface area contributed by atoms with E-state index in [-0.39, 0.29) is 0 Å². The van der Waals surface area contributed by atoms with Crippen molar-refractivity contribution in [2.75, 3.05) is 17.8 Å². The van der Waals surface area contributed by atoms with Gasteiger partial charge in [0.2, 0.25) is 0 Å². The number of anilines is 2. The van der Waals surface area contributed by atoms with Crippen molar-refractivity contribution in [1.82, 2.24) is 0 Å². The monoisotopic (exact) mass is 228 g/mol. The first-order valence-electron chi connectivity index (χ1n) is 5.51. The minimum atomic E-state index is 0.783. The minimum absolute atomic E-state index is 0.783. The zero-order valence-corrected chi connectivity index (χ0v) is 9.80. The molecule has 0 atom stereocenters. The third kappa shape index (κ3) is 2.98. The van der Waals surface area contributed by atoms with Crippen LogP contribution in [0.5, 0.6) is 0 Å². The van der Waals surface area contributed by atoms with Gasteiger partial charge in [0.15, 0.2) is 0 Å². The lowest BCUT2D eigenvalue weighted by molar-refractivity contribution is 0.279. The Morgan fingerprint density at radius 1 is 0.941 bits per heavy atom. The molecule has 0 amide bonds. The van der Waals surface area contributed by atoms with E-state index in [1.807, 2.05) is 48.5 Å². The highest BCUT2D eigenvalue weighted by Crippen LogP contribution is 2.15. The van der Waals surface area contributed by atoms with Crippen molar-refractivity contribution in [3.05, 3.63) is 59.7 Å². The Labute approximate surface area is 101 Å². The molecule has 0 bridgehead atoms. The number of nitrogens with two attached hydrogens (primary N) is 1. The predicted octanol–water partition coefficient (Wildman–Crippen LogP) is 2.69. The molecule has 0 radical (unpaired) electrons. The summed E-state index contributed by atoms with van der Waals surface area (Å²) in [5.74, 6) is 0. The number of hydrogen-bond acceptors (Lipinski definition) is 3. The quantitative estimate of drug-likeness (QED) is 0.627. The van der Waals surface area contributed by atoms with Crippen LogP contribution in [-0.2, 0) is 6.42 Å². The first-order valence-corrected chi connectivity index (χ1v) is 5.51. The number of nitrogen functional groups attached to an aromatic ring is 1. The van der Waals surface area contributed by atoms with E-state index in [1.165, 1.54) is 11.1 Å². The molecule has 17 heavy (non-hydrogen) atoms. The first kappa shape index (κ1) is 11.5. The van der Waals surface area contributed by atoms with E-state index in [1.54, 1.807) is 7.05 Å². The summed E-state index contributed by atoms with van der Waals surface area (Å²) >= 11 is 0. The fraction of sp³-hybridized carbons (Fsp3) is 0.143. The number of hydrogen-bond donors (Lipinski definition) is 2. The van der Waals surface area contributed by atoms with Gasteiger partial charge in [-0.2, -0.15) is 0 Å². The maximum atomic E-state index is 9.25. The summed E-state index contributed by atoms with van der Waals surface area (Å²) in [6.07, 6.45) is 0.871. The van der Waals surface area contributed by atoms with Crippen LogP contribution in [0.2, 0.25) is 0 Å². The van der Waals surface area contributed by atoms with Gasteiger partial charge in [0.05, 0.1) is 5.69 Å². The first-order chi connectivity index (χ1) is 8.15. The van der Waals surface area contributed by atoms with Gasteiger partial charge in [0.25, 0.3) is 0 Å². The van der Waals surface area contributed by atoms with Crippen molar-refractivity contribution in [1.29, 1.82) is 0 Å². The number of nitrogens with zero attached hydrogens (tertiary/aromatic N) is 1. The molecule has 0 saturated carbocycles. The molecule has 2 aromatic rings. The highest BCUT2D eigenvalue weighted by Gasteiger charge is 1.99. The standard InChI is InChI=1S/C14H16N2O/c1-16(17)14-8-4-12(5-9-14)10-11-2-6-13(15)7-3-11/h2-9,17H,10,15H2,1H3. The fourth-order valence-corrected chi connectivity index (χ4v) is 1.70. The molecule has 0 fully saturated rings. The van der Waals surface area contributed by atoms with Crippen LogP contribution in [0.1, 0.15) is 11.1 Å². The number of hydroxylamine groups is 1. The molecular formula is C14H16N2O. The zero-order chi connectivity index (χ0) is 12.3. The normalized spacial score (nSPS) is 10.2. The molecule has 0 heterocycles. The molecule has 0 aromatic heterocycles. The second-order valence-electron chi connectivity index (χ2n) is 4.11. The molecule has 3 heteroatoms. The lowest BCUT2D eigenvalue weighted by atomic mass is 10.0. The number of rotatable bonds is 3. The van der Waals surface area contributed by atoms with Gasteiger partial charge in [-0.05, 0) is 41.8 Å². The third-order valence-corrected chi connectivity index (χ3v) is 2.70. The molecule has 88 valence electrons. The molecule has 0 unspecified atom stereocenters. The number of benzene rings is 2. The lowest BCUT2D eigenvalue weighted by Gasteiger charge is -2.10. The van der Waals surface area contributed by atoms with Crippen molar-refractivity contribution in [3.63, 3.8) is 0 Å². The smallest absolute Gasteiger partial charge is 0.0630 e. The van der Waals surface area contributed by atoms with Crippen molar-refractivity contribution in [2.45, 2.75) is 6.42 Å². The minimum Gasteiger partial charge on any atom is -0.399 e. The summed E-state index contributed by atoms with van der Waals surface area (Å²) in [6.45, 7) is 0. The molecule has 0 aliphatic rings. The fourth-order valence-electron chi connectivity index (χ4n) is 1.70. The van der Waals surface area contributed by atoms with Crippen LogP contribution in [0.4, 0.5) is 11.4 Å². The predicted molar refractivity (Wildman–Crippen MR) is 70.3 cm³/mol. The maximum absolute atomic E-state index is 9.25. The summed E-state index contributed by atoms with van der Waals surface area (Å²) in [6, 6.07) is 15.7. The third-order valence-electron chi connectivity index (χ3n) is 2.70. The van der Waals surface area contributed by atoms with Gasteiger partial charge >= 0.3 is 0 Å². The molecule has 0 saturated heterocycles. The van der Waals surface area contributed by atoms with Crippen LogP contribution in [0, 0.1) is 0 Å². The van der Waals surface area contributed by atoms with Gasteiger partial charge in [-0.15, -0.1) is 0 Å². The highest BCUT2D eigenvalue weighted by molar-refractivity contribution is 5.46. The van der Waals surface area contributed by atoms with Gasteiger partial charge in [0.1, 0.15) is 0 Å². The second kappa shape index (κ2) is 4.89. The molecule has 0 spiro atoms. The van der Waals surface area contributed by atoms with Gasteiger partial charge in [-0.1, -0.05) is 24.3 Å². The Balaban J connectivity index is 2.11. The second-order valence-corrected chi connectivity index (χ2v) is 4.11. The molecule has 3 N–H and O–H groups in total. The summed E-state index contributed by atoms with van der Waals surface area (Å²) in [7, 11) is 1.61. The van der Waals surface area contributed by atoms with Crippen LogP contribution < -0.4 is 10.8 Å². The zero-order valence-electron chi connectivity index (χ0n) is 9.80. The summed E-state index contributed by atoms with van der Waals surface area (Å²) in [5.41, 5.74) is 9.64. The highest BCUT2D eigenvalue weighted by atomic mass is 16.5. The van der Waals surface area contributed by atoms with Gasteiger partial charge in [-0.25, -0.2) is 0 Å². The van der Waals surface area contributed by atoms with Crippen molar-refractivity contribution < 1.29 is 5.21 Å². The van der Waals surface area contributed by atoms with Crippen molar-refractivity contribution >= 4 is 11.4 Å². The van der Waals surface area contributed by atoms with Crippen molar-refractivity contribution in [3.8, 4) is 0 Å². The van der Waals surface area contributed by atoms with E-state index in [2.05, 4.69) is 0 Å². The average Bonchev–Trinajstić information content (AvgIpc) is 2.33. The molecule has 3 nitrogen and oxygen atoms in total. The molecule has 0 aliphatic carbocycles. The summed E-state index contributed by atoms with van der Waals surface area (Å²) in [4.78, 5) is 0. The van der Waals surface area contributed by atoms with Crippen LogP contribution >= 0.6 is 0 Å². The van der Waals surface area contributed by atoms with E-state index in [0.29, 0.717) is 0 Å². The van der Waals surface area contributed by atoms with Gasteiger partial charge in [0, 0.05) is 12.7 Å². The molecule has 2 aromatic carbocycles. The average molecular weight is 228 g/mol. The SMILES string of the molecule is CN(O)c1ccc(Cc2ccc(N)cc2)cc1. The Bertz CT molecular complexity index is 475. The van der Waals surface area contributed by atoms with Gasteiger partial charge in [-0.3, -0.25) is 10.3 Å². The Kier molecular flexibility index (Phi) is 3.30. The van der Waals surface area contributed by atoms with Crippen molar-refractivity contribution in [2.24, 2.45) is 0 Å². The lowest BCUT2D eigenvalue weighted by Crippen LogP contribution is -2.09. The van der Waals surface area contributed by atoms with Crippen LogP contribution in [0.3, 0.4) is 0 Å². The van der Waals surface area contributed by atoms with Crippen LogP contribution in [0.15, 0.2) is 48.5 Å². The molecular weight excluding hydrogens is 212 g/mol. The van der Waals surface area contributed by atoms with E-state index < -0.39 is 0 Å². The summed E-state index contributed by atoms with van der Waals surface area (Å²) < 4.78 is 0. The Hall–Kier alpha value is -2.00. The van der Waals surface area contributed by atoms with E-state index in [0.717, 1.165) is 22.9 Å². The van der Waals surface area contributed by atoms with E-state index in [9.17, 15) is 5.21 Å². The Morgan fingerprint density at radius 3 is 1.88 bits per heavy atom. The van der Waals surface area contributed by atoms with E-state index in [4.69, 9.17) is 5.73 Å². The van der Waals surface area contributed by atoms with Crippen LogP contribution in [-0.4, -0.2) is 12.3 Å². The topological polar surface area (TPSA) is 49.5 Å². The molecule has 2 rings (SSSR count). The molecule has 0 aliphatic heterocycles. The summed E-state index contributed by atoms with van der Waals surface area (Å²) in [5, 5.41) is 10.4.